The molecular weight excluding hydrogens is 904 g/mol. The zero-order valence-corrected chi connectivity index (χ0v) is 35.8. The first-order valence-electron chi connectivity index (χ1n) is 18.6. The van der Waals surface area contributed by atoms with Gasteiger partial charge in [0, 0.05) is 64.7 Å². The fraction of sp³-hybridized carbons (Fsp3) is 0.277. The molecule has 0 aliphatic carbocycles. The van der Waals surface area contributed by atoms with E-state index in [1.54, 1.807) is 52.9 Å². The van der Waals surface area contributed by atoms with E-state index in [2.05, 4.69) is 95.3 Å². The van der Waals surface area contributed by atoms with Crippen molar-refractivity contribution in [3.05, 3.63) is 133 Å². The molecule has 0 bridgehead atoms. The van der Waals surface area contributed by atoms with Gasteiger partial charge in [-0.2, -0.15) is 13.2 Å². The monoisotopic (exact) mass is 950 g/mol. The van der Waals surface area contributed by atoms with Gasteiger partial charge in [-0.15, -0.1) is 47.2 Å². The van der Waals surface area contributed by atoms with Gasteiger partial charge < -0.3 is 14.9 Å². The van der Waals surface area contributed by atoms with Crippen LogP contribution in [-0.2, 0) is 31.9 Å². The van der Waals surface area contributed by atoms with Crippen molar-refractivity contribution >= 4 is 59.3 Å². The van der Waals surface area contributed by atoms with Crippen LogP contribution < -0.4 is 9.80 Å². The second-order valence-corrected chi connectivity index (χ2v) is 17.4. The number of thiophene rings is 1. The molecule has 4 nitrogen and oxygen atoms in total. The van der Waals surface area contributed by atoms with Crippen LogP contribution in [0.25, 0.3) is 42.2 Å². The van der Waals surface area contributed by atoms with Crippen LogP contribution in [0.3, 0.4) is 0 Å². The average Bonchev–Trinajstić information content (AvgIpc) is 3.69. The van der Waals surface area contributed by atoms with Gasteiger partial charge >= 0.3 is 6.18 Å². The minimum atomic E-state index is -4.31. The second kappa shape index (κ2) is 15.8. The summed E-state index contributed by atoms with van der Waals surface area (Å²) in [5.41, 5.74) is 5.03. The third-order valence-corrected chi connectivity index (χ3v) is 11.4. The molecule has 293 valence electrons. The summed E-state index contributed by atoms with van der Waals surface area (Å²) in [7, 11) is 0. The number of rotatable bonds is 6. The van der Waals surface area contributed by atoms with Gasteiger partial charge in [0.1, 0.15) is 5.75 Å². The number of hydrogen-bond donors (Lipinski definition) is 1. The third-order valence-electron chi connectivity index (χ3n) is 10.1. The van der Waals surface area contributed by atoms with E-state index in [9.17, 15) is 18.3 Å². The molecule has 0 saturated heterocycles. The van der Waals surface area contributed by atoms with Crippen LogP contribution >= 0.6 is 11.3 Å². The largest absolute Gasteiger partial charge is 0.506 e. The van der Waals surface area contributed by atoms with Gasteiger partial charge in [-0.3, -0.25) is 4.98 Å². The van der Waals surface area contributed by atoms with Gasteiger partial charge in [-0.25, -0.2) is 0 Å². The Labute approximate surface area is 345 Å². The van der Waals surface area contributed by atoms with E-state index in [0.717, 1.165) is 28.8 Å². The predicted octanol–water partition coefficient (Wildman–Crippen LogP) is 13.6. The Kier molecular flexibility index (Phi) is 11.7. The van der Waals surface area contributed by atoms with E-state index < -0.39 is 11.6 Å². The maximum Gasteiger partial charge on any atom is 0.395 e. The van der Waals surface area contributed by atoms with Gasteiger partial charge in [0.25, 0.3) is 0 Å². The van der Waals surface area contributed by atoms with Gasteiger partial charge in [-0.05, 0) is 72.9 Å². The molecule has 1 aliphatic rings. The molecule has 2 aromatic heterocycles. The fourth-order valence-corrected chi connectivity index (χ4v) is 8.55. The maximum absolute atomic E-state index is 13.3. The summed E-state index contributed by atoms with van der Waals surface area (Å²) < 4.78 is 42.4. The summed E-state index contributed by atoms with van der Waals surface area (Å²) in [6, 6.07) is 37.4. The summed E-state index contributed by atoms with van der Waals surface area (Å²) in [5.74, 6) is 0.706. The van der Waals surface area contributed by atoms with Crippen LogP contribution in [0.4, 0.5) is 30.2 Å². The van der Waals surface area contributed by atoms with Gasteiger partial charge in [0.15, 0.2) is 0 Å². The number of pyridine rings is 1. The predicted molar refractivity (Wildman–Crippen MR) is 224 cm³/mol. The average molecular weight is 950 g/mol. The number of para-hydroxylation sites is 4. The Bertz CT molecular complexity index is 2500. The minimum Gasteiger partial charge on any atom is -0.506 e. The van der Waals surface area contributed by atoms with Crippen LogP contribution in [0.1, 0.15) is 59.6 Å². The smallest absolute Gasteiger partial charge is 0.395 e. The van der Waals surface area contributed by atoms with Crippen molar-refractivity contribution in [2.45, 2.75) is 66.5 Å². The van der Waals surface area contributed by atoms with Crippen molar-refractivity contribution in [3.8, 4) is 17.0 Å². The number of halogens is 3. The first-order chi connectivity index (χ1) is 26.0. The molecule has 0 atom stereocenters. The Morgan fingerprint density at radius 1 is 0.768 bits per heavy atom. The normalized spacial score (nSPS) is 13.3. The molecule has 3 heterocycles. The van der Waals surface area contributed by atoms with Crippen molar-refractivity contribution in [1.82, 2.24) is 4.98 Å². The zero-order chi connectivity index (χ0) is 39.3. The van der Waals surface area contributed by atoms with Gasteiger partial charge in [-0.1, -0.05) is 106 Å². The van der Waals surface area contributed by atoms with E-state index in [4.69, 9.17) is 4.98 Å². The van der Waals surface area contributed by atoms with Crippen LogP contribution in [0, 0.1) is 24.1 Å². The zero-order valence-electron chi connectivity index (χ0n) is 32.6. The Morgan fingerprint density at radius 2 is 1.39 bits per heavy atom. The number of nitrogens with zero attached hydrogens (tertiary/aromatic N) is 3. The van der Waals surface area contributed by atoms with Crippen LogP contribution in [0.15, 0.2) is 109 Å². The number of aromatic hydroxyl groups is 1. The first kappa shape index (κ1) is 41.2. The quantitative estimate of drug-likeness (QED) is 0.169. The summed E-state index contributed by atoms with van der Waals surface area (Å²) in [6.07, 6.45) is -1.25. The molecule has 0 amide bonds. The molecule has 1 aliphatic heterocycles. The van der Waals surface area contributed by atoms with Crippen molar-refractivity contribution in [2.75, 3.05) is 16.3 Å². The summed E-state index contributed by atoms with van der Waals surface area (Å²) >= 11 is 1.89. The van der Waals surface area contributed by atoms with Crippen LogP contribution in [0.5, 0.6) is 5.75 Å². The summed E-state index contributed by atoms with van der Waals surface area (Å²) in [5, 5.41) is 15.2. The molecule has 0 unspecified atom stereocenters. The molecule has 0 spiro atoms. The molecule has 8 rings (SSSR count). The standard InChI is InChI=1S/C29H28NS.C18H18F3N2O.Ir/c1-18(2)15-20-10-8-12-23-24-13-14-30-26(28(24)31-27(20)23)21-16-19-9-6-7-11-22(19)25(17-21)29(3,4)5;1-17(2,18(19,20)21)11-22-12-23(14-8-4-3-7-13(14)22)15-9-5-6-10-16(15)24;/h6-14,17-18H,15H2,1-5H3;3-10,12,24H,11H2,1-2H3;/q2*-1;. The molecule has 1 N–H and O–H groups in total. The molecule has 1 radical (unpaired) electrons. The van der Waals surface area contributed by atoms with Crippen molar-refractivity contribution in [2.24, 2.45) is 11.3 Å². The Hall–Kier alpha value is -4.43. The molecule has 0 saturated carbocycles. The topological polar surface area (TPSA) is 39.6 Å². The summed E-state index contributed by atoms with van der Waals surface area (Å²) in [6.45, 7) is 15.2. The van der Waals surface area contributed by atoms with Crippen molar-refractivity contribution in [3.63, 3.8) is 0 Å². The van der Waals surface area contributed by atoms with E-state index >= 15 is 0 Å². The number of aromatic nitrogens is 1. The van der Waals surface area contributed by atoms with Crippen molar-refractivity contribution in [1.29, 1.82) is 0 Å². The Morgan fingerprint density at radius 3 is 2.07 bits per heavy atom. The van der Waals surface area contributed by atoms with Crippen LogP contribution in [-0.4, -0.2) is 22.8 Å². The van der Waals surface area contributed by atoms with E-state index in [1.807, 2.05) is 29.7 Å². The number of phenols is 1. The Balaban J connectivity index is 0.000000193. The number of anilines is 3. The number of phenolic OH excluding ortho intramolecular Hbond substituents is 1. The fourth-order valence-electron chi connectivity index (χ4n) is 7.23. The van der Waals surface area contributed by atoms with E-state index in [-0.39, 0.29) is 37.8 Å². The number of hydrogen-bond acceptors (Lipinski definition) is 5. The number of fused-ring (bicyclic) bond motifs is 5. The van der Waals surface area contributed by atoms with E-state index in [1.165, 1.54) is 50.5 Å². The summed E-state index contributed by atoms with van der Waals surface area (Å²) in [4.78, 5) is 8.16. The number of benzene rings is 5. The minimum absolute atomic E-state index is 0. The van der Waals surface area contributed by atoms with Gasteiger partial charge in [0.05, 0.1) is 11.1 Å². The molecule has 9 heteroatoms. The maximum atomic E-state index is 13.3. The molecular formula is C47H46F3IrN3OS-2. The van der Waals surface area contributed by atoms with E-state index in [0.29, 0.717) is 17.3 Å². The van der Waals surface area contributed by atoms with Crippen LogP contribution in [0.2, 0.25) is 0 Å². The second-order valence-electron chi connectivity index (χ2n) is 16.4. The first-order valence-corrected chi connectivity index (χ1v) is 19.4. The number of alkyl halides is 3. The van der Waals surface area contributed by atoms with Crippen molar-refractivity contribution < 1.29 is 38.4 Å². The molecule has 56 heavy (non-hydrogen) atoms. The SMILES string of the molecule is CC(C)(CN1[CH-]N(c2ccccc2O)c2ccccc21)C(F)(F)F.CC(C)Cc1cccc2c1sc1c(-c3[c-]c4ccccc4c(C(C)(C)C)c3)nccc12.[Ir]. The molecule has 5 aromatic carbocycles. The molecule has 0 fully saturated rings. The molecule has 7 aromatic rings. The van der Waals surface area contributed by atoms with Gasteiger partial charge in [0.2, 0.25) is 0 Å². The third kappa shape index (κ3) is 8.04.